The molecule has 148 valence electrons. The SMILES string of the molecule is C=C(c1c(N)cccc1CCCN(C)CC)S(=O)(=O)c1ccccc1.CC. The van der Waals surface area contributed by atoms with E-state index >= 15 is 0 Å². The smallest absolute Gasteiger partial charge is 0.206 e. The first-order valence-electron chi connectivity index (χ1n) is 9.43. The number of rotatable bonds is 8. The molecule has 0 heterocycles. The maximum atomic E-state index is 12.9. The summed E-state index contributed by atoms with van der Waals surface area (Å²) < 4.78 is 25.8. The van der Waals surface area contributed by atoms with E-state index in [1.165, 1.54) is 0 Å². The van der Waals surface area contributed by atoms with Crippen LogP contribution in [0.3, 0.4) is 0 Å². The van der Waals surface area contributed by atoms with E-state index in [9.17, 15) is 8.42 Å². The monoisotopic (exact) mass is 388 g/mol. The van der Waals surface area contributed by atoms with Crippen molar-refractivity contribution < 1.29 is 8.42 Å². The minimum atomic E-state index is -3.67. The van der Waals surface area contributed by atoms with Gasteiger partial charge in [0.05, 0.1) is 9.80 Å². The molecule has 27 heavy (non-hydrogen) atoms. The van der Waals surface area contributed by atoms with Crippen LogP contribution in [0, 0.1) is 0 Å². The molecule has 5 heteroatoms. The number of benzene rings is 2. The number of hydrogen-bond donors (Lipinski definition) is 1. The van der Waals surface area contributed by atoms with Crippen LogP contribution in [0.1, 0.15) is 38.3 Å². The summed E-state index contributed by atoms with van der Waals surface area (Å²) in [5.41, 5.74) is 8.04. The molecule has 0 amide bonds. The number of hydrogen-bond acceptors (Lipinski definition) is 4. The van der Waals surface area contributed by atoms with Gasteiger partial charge in [0.25, 0.3) is 0 Å². The number of anilines is 1. The van der Waals surface area contributed by atoms with E-state index in [0.717, 1.165) is 31.5 Å². The molecule has 4 nitrogen and oxygen atoms in total. The molecule has 0 aromatic heterocycles. The van der Waals surface area contributed by atoms with Gasteiger partial charge in [-0.3, -0.25) is 0 Å². The third kappa shape index (κ3) is 5.94. The first-order valence-corrected chi connectivity index (χ1v) is 10.9. The van der Waals surface area contributed by atoms with E-state index in [2.05, 4.69) is 25.5 Å². The standard InChI is InChI=1S/C20H26N2O2S.C2H6/c1-4-22(3)15-9-11-17-10-8-14-19(21)20(17)16(2)25(23,24)18-12-6-5-7-13-18;1-2/h5-8,10,12-14H,2,4,9,11,15,21H2,1,3H3;1-2H3. The van der Waals surface area contributed by atoms with Gasteiger partial charge in [0.15, 0.2) is 0 Å². The van der Waals surface area contributed by atoms with E-state index in [4.69, 9.17) is 5.73 Å². The summed E-state index contributed by atoms with van der Waals surface area (Å²) in [5.74, 6) is 0. The average molecular weight is 389 g/mol. The molecule has 0 aliphatic heterocycles. The zero-order valence-electron chi connectivity index (χ0n) is 16.9. The average Bonchev–Trinajstić information content (AvgIpc) is 2.69. The summed E-state index contributed by atoms with van der Waals surface area (Å²) >= 11 is 0. The molecule has 0 bridgehead atoms. The van der Waals surface area contributed by atoms with Crippen molar-refractivity contribution in [3.05, 3.63) is 66.2 Å². The molecule has 0 aliphatic rings. The highest BCUT2D eigenvalue weighted by Gasteiger charge is 2.23. The maximum absolute atomic E-state index is 12.9. The van der Waals surface area contributed by atoms with Gasteiger partial charge in [-0.15, -0.1) is 0 Å². The second-order valence-electron chi connectivity index (χ2n) is 6.12. The third-order valence-electron chi connectivity index (χ3n) is 4.37. The fraction of sp³-hybridized carbons (Fsp3) is 0.364. The van der Waals surface area contributed by atoms with Crippen molar-refractivity contribution in [3.8, 4) is 0 Å². The predicted octanol–water partition coefficient (Wildman–Crippen LogP) is 4.62. The molecule has 0 saturated heterocycles. The molecule has 2 N–H and O–H groups in total. The number of nitrogens with zero attached hydrogens (tertiary/aromatic N) is 1. The first-order chi connectivity index (χ1) is 12.9. The van der Waals surface area contributed by atoms with Crippen molar-refractivity contribution in [3.63, 3.8) is 0 Å². The molecule has 2 aromatic carbocycles. The Morgan fingerprint density at radius 3 is 2.30 bits per heavy atom. The van der Waals surface area contributed by atoms with Gasteiger partial charge in [-0.05, 0) is 56.7 Å². The van der Waals surface area contributed by atoms with Crippen molar-refractivity contribution in [1.82, 2.24) is 4.90 Å². The van der Waals surface area contributed by atoms with E-state index in [1.807, 2.05) is 26.0 Å². The third-order valence-corrected chi connectivity index (χ3v) is 6.11. The lowest BCUT2D eigenvalue weighted by atomic mass is 10.0. The Hall–Kier alpha value is -2.11. The number of nitrogen functional groups attached to an aromatic ring is 1. The fourth-order valence-corrected chi connectivity index (χ4v) is 4.06. The van der Waals surface area contributed by atoms with Gasteiger partial charge in [-0.25, -0.2) is 8.42 Å². The normalized spacial score (nSPS) is 11.0. The van der Waals surface area contributed by atoms with Crippen LogP contribution in [-0.4, -0.2) is 33.5 Å². The van der Waals surface area contributed by atoms with Gasteiger partial charge in [-0.2, -0.15) is 0 Å². The molecule has 0 aliphatic carbocycles. The van der Waals surface area contributed by atoms with Crippen molar-refractivity contribution in [2.75, 3.05) is 25.9 Å². The van der Waals surface area contributed by atoms with E-state index in [0.29, 0.717) is 11.3 Å². The van der Waals surface area contributed by atoms with Crippen molar-refractivity contribution in [2.24, 2.45) is 0 Å². The van der Waals surface area contributed by atoms with Crippen LogP contribution in [0.5, 0.6) is 0 Å². The summed E-state index contributed by atoms with van der Waals surface area (Å²) in [7, 11) is -1.60. The van der Waals surface area contributed by atoms with Crippen molar-refractivity contribution >= 4 is 20.4 Å². The van der Waals surface area contributed by atoms with Crippen LogP contribution in [0.2, 0.25) is 0 Å². The number of sulfone groups is 1. The van der Waals surface area contributed by atoms with Crippen LogP contribution in [0.4, 0.5) is 5.69 Å². The van der Waals surface area contributed by atoms with E-state index in [1.54, 1.807) is 36.4 Å². The summed E-state index contributed by atoms with van der Waals surface area (Å²) in [6.45, 7) is 11.9. The van der Waals surface area contributed by atoms with Crippen molar-refractivity contribution in [1.29, 1.82) is 0 Å². The summed E-state index contributed by atoms with van der Waals surface area (Å²) in [6, 6.07) is 13.9. The minimum Gasteiger partial charge on any atom is -0.398 e. The Bertz CT molecular complexity index is 831. The molecule has 2 aromatic rings. The van der Waals surface area contributed by atoms with E-state index in [-0.39, 0.29) is 9.80 Å². The van der Waals surface area contributed by atoms with Gasteiger partial charge in [0.1, 0.15) is 0 Å². The first kappa shape index (κ1) is 22.9. The highest BCUT2D eigenvalue weighted by molar-refractivity contribution is 8.00. The number of aryl methyl sites for hydroxylation is 1. The zero-order valence-corrected chi connectivity index (χ0v) is 17.7. The lowest BCUT2D eigenvalue weighted by Gasteiger charge is -2.17. The molecule has 0 fully saturated rings. The summed E-state index contributed by atoms with van der Waals surface area (Å²) in [6.07, 6.45) is 1.69. The molecule has 0 spiro atoms. The Balaban J connectivity index is 0.00000176. The Labute approximate surface area is 164 Å². The predicted molar refractivity (Wildman–Crippen MR) is 116 cm³/mol. The van der Waals surface area contributed by atoms with Gasteiger partial charge < -0.3 is 10.6 Å². The van der Waals surface area contributed by atoms with Gasteiger partial charge in [0.2, 0.25) is 9.84 Å². The maximum Gasteiger partial charge on any atom is 0.206 e. The molecule has 0 saturated carbocycles. The Morgan fingerprint density at radius 2 is 1.70 bits per heavy atom. The highest BCUT2D eigenvalue weighted by atomic mass is 32.2. The van der Waals surface area contributed by atoms with Gasteiger partial charge >= 0.3 is 0 Å². The lowest BCUT2D eigenvalue weighted by molar-refractivity contribution is 0.347. The largest absolute Gasteiger partial charge is 0.398 e. The molecule has 0 radical (unpaired) electrons. The minimum absolute atomic E-state index is 0.0654. The Kier molecular flexibility index (Phi) is 9.26. The highest BCUT2D eigenvalue weighted by Crippen LogP contribution is 2.33. The van der Waals surface area contributed by atoms with Crippen molar-refractivity contribution in [2.45, 2.75) is 38.5 Å². The molecule has 0 unspecified atom stereocenters. The topological polar surface area (TPSA) is 63.4 Å². The van der Waals surface area contributed by atoms with Gasteiger partial charge in [0, 0.05) is 11.3 Å². The molecule has 0 atom stereocenters. The lowest BCUT2D eigenvalue weighted by Crippen LogP contribution is -2.19. The van der Waals surface area contributed by atoms with Crippen LogP contribution < -0.4 is 5.73 Å². The second-order valence-corrected chi connectivity index (χ2v) is 8.09. The quantitative estimate of drug-likeness (QED) is 0.670. The molecule has 2 rings (SSSR count). The number of nitrogens with two attached hydrogens (primary N) is 1. The van der Waals surface area contributed by atoms with Crippen LogP contribution in [0.25, 0.3) is 4.91 Å². The van der Waals surface area contributed by atoms with Crippen LogP contribution in [-0.2, 0) is 16.3 Å². The zero-order chi connectivity index (χ0) is 20.4. The Morgan fingerprint density at radius 1 is 1.07 bits per heavy atom. The van der Waals surface area contributed by atoms with Crippen LogP contribution in [0.15, 0.2) is 60.0 Å². The second kappa shape index (κ2) is 10.9. The molecular formula is C22H32N2O2S. The van der Waals surface area contributed by atoms with E-state index < -0.39 is 9.84 Å². The summed E-state index contributed by atoms with van der Waals surface area (Å²) in [5, 5.41) is 0. The molecular weight excluding hydrogens is 356 g/mol. The van der Waals surface area contributed by atoms with Gasteiger partial charge in [-0.1, -0.05) is 57.7 Å². The summed E-state index contributed by atoms with van der Waals surface area (Å²) in [4.78, 5) is 2.53. The van der Waals surface area contributed by atoms with Crippen LogP contribution >= 0.6 is 0 Å². The fourth-order valence-electron chi connectivity index (χ4n) is 2.74.